The van der Waals surface area contributed by atoms with Crippen LogP contribution < -0.4 is 0 Å². The van der Waals surface area contributed by atoms with Crippen molar-refractivity contribution in [2.45, 2.75) is 20.0 Å². The second kappa shape index (κ2) is 5.58. The molecule has 0 aliphatic rings. The summed E-state index contributed by atoms with van der Waals surface area (Å²) in [6.45, 7) is 2.91. The molecule has 0 saturated carbocycles. The second-order valence-corrected chi connectivity index (χ2v) is 6.79. The van der Waals surface area contributed by atoms with E-state index in [2.05, 4.69) is 10.2 Å². The summed E-state index contributed by atoms with van der Waals surface area (Å²) in [5.41, 5.74) is 1.69. The molecule has 0 amide bonds. The van der Waals surface area contributed by atoms with Crippen LogP contribution in [0.25, 0.3) is 11.3 Å². The van der Waals surface area contributed by atoms with Gasteiger partial charge in [-0.3, -0.25) is 14.2 Å². The van der Waals surface area contributed by atoms with E-state index in [4.69, 9.17) is 0 Å². The Hall–Kier alpha value is -1.96. The second-order valence-electron chi connectivity index (χ2n) is 4.53. The predicted octanol–water partition coefficient (Wildman–Crippen LogP) is 0.624. The largest absolute Gasteiger partial charge is 0.298 e. The highest BCUT2D eigenvalue weighted by Crippen LogP contribution is 2.20. The van der Waals surface area contributed by atoms with Crippen LogP contribution in [-0.4, -0.2) is 46.3 Å². The third-order valence-electron chi connectivity index (χ3n) is 2.84. The first-order valence-corrected chi connectivity index (χ1v) is 8.22. The van der Waals surface area contributed by atoms with E-state index in [1.54, 1.807) is 23.3 Å². The Morgan fingerprint density at radius 1 is 1.30 bits per heavy atom. The summed E-state index contributed by atoms with van der Waals surface area (Å²) in [5.74, 6) is -0.0133. The maximum atomic E-state index is 11.2. The Morgan fingerprint density at radius 2 is 2.05 bits per heavy atom. The number of sulfone groups is 1. The van der Waals surface area contributed by atoms with Crippen LogP contribution >= 0.6 is 0 Å². The van der Waals surface area contributed by atoms with E-state index in [1.165, 1.54) is 10.9 Å². The minimum Gasteiger partial charge on any atom is -0.298 e. The summed E-state index contributed by atoms with van der Waals surface area (Å²) < 4.78 is 25.5. The zero-order chi connectivity index (χ0) is 14.8. The molecule has 2 aromatic heterocycles. The van der Waals surface area contributed by atoms with Gasteiger partial charge in [-0.2, -0.15) is 10.2 Å². The van der Waals surface area contributed by atoms with Gasteiger partial charge in [0.1, 0.15) is 15.5 Å². The molecule has 0 radical (unpaired) electrons. The van der Waals surface area contributed by atoms with E-state index < -0.39 is 9.84 Å². The van der Waals surface area contributed by atoms with Crippen molar-refractivity contribution < 1.29 is 13.2 Å². The summed E-state index contributed by atoms with van der Waals surface area (Å²) in [4.78, 5) is 11.1. The highest BCUT2D eigenvalue weighted by Gasteiger charge is 2.13. The van der Waals surface area contributed by atoms with Crippen molar-refractivity contribution >= 4 is 16.1 Å². The molecule has 0 spiro atoms. The number of nitrogens with zero attached hydrogens (tertiary/aromatic N) is 4. The van der Waals surface area contributed by atoms with Crippen molar-refractivity contribution in [3.8, 4) is 11.3 Å². The van der Waals surface area contributed by atoms with Gasteiger partial charge in [-0.15, -0.1) is 0 Å². The van der Waals surface area contributed by atoms with Crippen molar-refractivity contribution in [3.63, 3.8) is 0 Å². The maximum Gasteiger partial charge on any atom is 0.153 e. The number of hydrogen-bond donors (Lipinski definition) is 0. The van der Waals surface area contributed by atoms with E-state index in [1.807, 2.05) is 6.92 Å². The average Bonchev–Trinajstić information content (AvgIpc) is 3.01. The minimum absolute atomic E-state index is 0.0133. The molecule has 0 aromatic carbocycles. The van der Waals surface area contributed by atoms with Crippen LogP contribution in [0.15, 0.2) is 18.6 Å². The Kier molecular flexibility index (Phi) is 4.03. The molecular formula is C12H16N4O3S. The third kappa shape index (κ3) is 3.32. The molecule has 0 N–H and O–H groups in total. The number of aromatic nitrogens is 4. The summed E-state index contributed by atoms with van der Waals surface area (Å²) in [6, 6.07) is 0. The van der Waals surface area contributed by atoms with Crippen LogP contribution in [0, 0.1) is 0 Å². The lowest BCUT2D eigenvalue weighted by Gasteiger charge is -1.99. The van der Waals surface area contributed by atoms with E-state index in [0.717, 1.165) is 12.1 Å². The van der Waals surface area contributed by atoms with Crippen molar-refractivity contribution in [1.82, 2.24) is 19.6 Å². The van der Waals surface area contributed by atoms with Crippen molar-refractivity contribution in [3.05, 3.63) is 24.2 Å². The van der Waals surface area contributed by atoms with Crippen molar-refractivity contribution in [2.75, 3.05) is 12.0 Å². The topological polar surface area (TPSA) is 86.9 Å². The van der Waals surface area contributed by atoms with Gasteiger partial charge in [0.2, 0.25) is 0 Å². The minimum atomic E-state index is -3.06. The number of aldehydes is 1. The van der Waals surface area contributed by atoms with Crippen LogP contribution in [0.2, 0.25) is 0 Å². The Bertz CT molecular complexity index is 715. The van der Waals surface area contributed by atoms with E-state index in [9.17, 15) is 13.2 Å². The van der Waals surface area contributed by atoms with Gasteiger partial charge in [-0.25, -0.2) is 8.42 Å². The molecule has 7 nitrogen and oxygen atoms in total. The molecule has 0 bridgehead atoms. The first-order chi connectivity index (χ1) is 9.43. The lowest BCUT2D eigenvalue weighted by atomic mass is 10.2. The summed E-state index contributed by atoms with van der Waals surface area (Å²) in [5, 5.41) is 8.41. The van der Waals surface area contributed by atoms with Gasteiger partial charge in [-0.1, -0.05) is 0 Å². The third-order valence-corrected chi connectivity index (χ3v) is 3.76. The Balaban J connectivity index is 2.29. The number of hydrogen-bond acceptors (Lipinski definition) is 5. The van der Waals surface area contributed by atoms with Gasteiger partial charge in [0.15, 0.2) is 6.29 Å². The van der Waals surface area contributed by atoms with Crippen LogP contribution in [0.3, 0.4) is 0 Å². The molecule has 2 heterocycles. The molecule has 0 fully saturated rings. The molecule has 0 unspecified atom stereocenters. The number of aryl methyl sites for hydroxylation is 2. The Labute approximate surface area is 117 Å². The van der Waals surface area contributed by atoms with Gasteiger partial charge in [0.05, 0.1) is 24.1 Å². The van der Waals surface area contributed by atoms with Gasteiger partial charge in [0, 0.05) is 30.8 Å². The molecule has 20 heavy (non-hydrogen) atoms. The monoisotopic (exact) mass is 296 g/mol. The lowest BCUT2D eigenvalue weighted by molar-refractivity contribution is 0.112. The molecule has 0 saturated heterocycles. The first kappa shape index (κ1) is 14.4. The van der Waals surface area contributed by atoms with E-state index >= 15 is 0 Å². The summed E-state index contributed by atoms with van der Waals surface area (Å²) in [7, 11) is -3.06. The summed E-state index contributed by atoms with van der Waals surface area (Å²) in [6.07, 6.45) is 6.87. The standard InChI is InChI=1S/C12H16N4O3S/c1-3-15-7-10(6-13-15)12-11(9-17)8-16(14-12)4-5-20(2,18)19/h6-9H,3-5H2,1-2H3. The average molecular weight is 296 g/mol. The van der Waals surface area contributed by atoms with Crippen LogP contribution in [-0.2, 0) is 22.9 Å². The van der Waals surface area contributed by atoms with Gasteiger partial charge in [0.25, 0.3) is 0 Å². The zero-order valence-electron chi connectivity index (χ0n) is 11.4. The number of rotatable bonds is 6. The fourth-order valence-electron chi connectivity index (χ4n) is 1.78. The SMILES string of the molecule is CCn1cc(-c2nn(CCS(C)(=O)=O)cc2C=O)cn1. The van der Waals surface area contributed by atoms with Gasteiger partial charge >= 0.3 is 0 Å². The number of carbonyl (C=O) groups excluding carboxylic acids is 1. The molecule has 0 atom stereocenters. The normalized spacial score (nSPS) is 11.7. The first-order valence-electron chi connectivity index (χ1n) is 6.16. The smallest absolute Gasteiger partial charge is 0.153 e. The van der Waals surface area contributed by atoms with Gasteiger partial charge < -0.3 is 0 Å². The van der Waals surface area contributed by atoms with Crippen molar-refractivity contribution in [1.29, 1.82) is 0 Å². The molecule has 2 rings (SSSR count). The molecular weight excluding hydrogens is 280 g/mol. The fraction of sp³-hybridized carbons (Fsp3) is 0.417. The van der Waals surface area contributed by atoms with Crippen molar-refractivity contribution in [2.24, 2.45) is 0 Å². The Morgan fingerprint density at radius 3 is 2.60 bits per heavy atom. The highest BCUT2D eigenvalue weighted by molar-refractivity contribution is 7.90. The van der Waals surface area contributed by atoms with E-state index in [-0.39, 0.29) is 12.3 Å². The molecule has 0 aliphatic heterocycles. The molecule has 108 valence electrons. The highest BCUT2D eigenvalue weighted by atomic mass is 32.2. The van der Waals surface area contributed by atoms with Gasteiger partial charge in [-0.05, 0) is 6.92 Å². The number of carbonyl (C=O) groups is 1. The van der Waals surface area contributed by atoms with Crippen LogP contribution in [0.4, 0.5) is 0 Å². The molecule has 8 heteroatoms. The maximum absolute atomic E-state index is 11.2. The fourth-order valence-corrected chi connectivity index (χ4v) is 2.30. The van der Waals surface area contributed by atoms with Crippen LogP contribution in [0.5, 0.6) is 0 Å². The summed E-state index contributed by atoms with van der Waals surface area (Å²) >= 11 is 0. The predicted molar refractivity (Wildman–Crippen MR) is 74.2 cm³/mol. The molecule has 0 aliphatic carbocycles. The van der Waals surface area contributed by atoms with Crippen LogP contribution in [0.1, 0.15) is 17.3 Å². The quantitative estimate of drug-likeness (QED) is 0.729. The zero-order valence-corrected chi connectivity index (χ0v) is 12.2. The lowest BCUT2D eigenvalue weighted by Crippen LogP contribution is -2.11. The van der Waals surface area contributed by atoms with E-state index in [0.29, 0.717) is 17.5 Å². The molecule has 2 aromatic rings.